The Balaban J connectivity index is 2.02. The van der Waals surface area contributed by atoms with Crippen LogP contribution in [0.4, 0.5) is 0 Å². The molecular weight excluding hydrogens is 202 g/mol. The molecule has 3 rings (SSSR count). The number of aromatic nitrogens is 2. The van der Waals surface area contributed by atoms with Crippen LogP contribution >= 0.6 is 0 Å². The molecule has 2 aliphatic carbocycles. The summed E-state index contributed by atoms with van der Waals surface area (Å²) in [6.07, 6.45) is 5.65. The van der Waals surface area contributed by atoms with Crippen molar-refractivity contribution in [2.75, 3.05) is 6.54 Å². The zero-order chi connectivity index (χ0) is 11.2. The van der Waals surface area contributed by atoms with E-state index in [0.717, 1.165) is 24.4 Å². The SMILES string of the molecule is NCC1(c2nc(C3CC3)cc(=O)[nH]2)CCC1. The van der Waals surface area contributed by atoms with E-state index < -0.39 is 0 Å². The average Bonchev–Trinajstić information content (AvgIpc) is 2.99. The number of hydrogen-bond donors (Lipinski definition) is 2. The third-order valence-corrected chi connectivity index (χ3v) is 3.96. The van der Waals surface area contributed by atoms with Crippen molar-refractivity contribution < 1.29 is 0 Å². The lowest BCUT2D eigenvalue weighted by atomic mass is 9.68. The van der Waals surface area contributed by atoms with Crippen LogP contribution in [0, 0.1) is 0 Å². The van der Waals surface area contributed by atoms with E-state index in [-0.39, 0.29) is 11.0 Å². The molecule has 16 heavy (non-hydrogen) atoms. The molecule has 0 amide bonds. The lowest BCUT2D eigenvalue weighted by Gasteiger charge is -2.39. The Bertz CT molecular complexity index is 452. The quantitative estimate of drug-likeness (QED) is 0.797. The summed E-state index contributed by atoms with van der Waals surface area (Å²) < 4.78 is 0. The van der Waals surface area contributed by atoms with Crippen LogP contribution in [0.15, 0.2) is 10.9 Å². The molecule has 2 saturated carbocycles. The van der Waals surface area contributed by atoms with Gasteiger partial charge >= 0.3 is 0 Å². The predicted octanol–water partition coefficient (Wildman–Crippen LogP) is 1.03. The fourth-order valence-corrected chi connectivity index (χ4v) is 2.46. The highest BCUT2D eigenvalue weighted by Crippen LogP contribution is 2.43. The Morgan fingerprint density at radius 3 is 2.75 bits per heavy atom. The topological polar surface area (TPSA) is 71.8 Å². The highest BCUT2D eigenvalue weighted by molar-refractivity contribution is 5.20. The van der Waals surface area contributed by atoms with Crippen molar-refractivity contribution in [3.05, 3.63) is 27.9 Å². The number of aromatic amines is 1. The van der Waals surface area contributed by atoms with E-state index in [2.05, 4.69) is 9.97 Å². The largest absolute Gasteiger partial charge is 0.329 e. The summed E-state index contributed by atoms with van der Waals surface area (Å²) >= 11 is 0. The first-order valence-corrected chi connectivity index (χ1v) is 6.05. The monoisotopic (exact) mass is 219 g/mol. The van der Waals surface area contributed by atoms with Gasteiger partial charge in [0.05, 0.1) is 5.69 Å². The maximum absolute atomic E-state index is 11.6. The third kappa shape index (κ3) is 1.48. The highest BCUT2D eigenvalue weighted by atomic mass is 16.1. The molecule has 1 aromatic rings. The second kappa shape index (κ2) is 3.42. The molecule has 1 heterocycles. The van der Waals surface area contributed by atoms with Crippen LogP contribution < -0.4 is 11.3 Å². The van der Waals surface area contributed by atoms with Gasteiger partial charge in [0.25, 0.3) is 5.56 Å². The molecule has 0 bridgehead atoms. The van der Waals surface area contributed by atoms with Crippen LogP contribution in [0.25, 0.3) is 0 Å². The van der Waals surface area contributed by atoms with E-state index in [1.165, 1.54) is 19.3 Å². The zero-order valence-electron chi connectivity index (χ0n) is 9.33. The number of H-pyrrole nitrogens is 1. The summed E-state index contributed by atoms with van der Waals surface area (Å²) in [5.74, 6) is 1.35. The predicted molar refractivity (Wildman–Crippen MR) is 61.4 cm³/mol. The molecule has 4 heteroatoms. The van der Waals surface area contributed by atoms with Crippen LogP contribution in [0.5, 0.6) is 0 Å². The molecule has 2 fully saturated rings. The van der Waals surface area contributed by atoms with Gasteiger partial charge in [0.15, 0.2) is 0 Å². The number of rotatable bonds is 3. The molecule has 0 aliphatic heterocycles. The summed E-state index contributed by atoms with van der Waals surface area (Å²) in [6.45, 7) is 0.587. The summed E-state index contributed by atoms with van der Waals surface area (Å²) in [4.78, 5) is 19.1. The molecule has 0 radical (unpaired) electrons. The molecule has 0 spiro atoms. The van der Waals surface area contributed by atoms with Crippen LogP contribution in [0.2, 0.25) is 0 Å². The fraction of sp³-hybridized carbons (Fsp3) is 0.667. The van der Waals surface area contributed by atoms with Gasteiger partial charge in [-0.2, -0.15) is 0 Å². The first-order valence-electron chi connectivity index (χ1n) is 6.05. The summed E-state index contributed by atoms with van der Waals surface area (Å²) in [5.41, 5.74) is 6.74. The molecular formula is C12H17N3O. The first kappa shape index (κ1) is 10.0. The van der Waals surface area contributed by atoms with E-state index in [9.17, 15) is 4.79 Å². The van der Waals surface area contributed by atoms with Crippen LogP contribution in [-0.2, 0) is 5.41 Å². The van der Waals surface area contributed by atoms with Crippen molar-refractivity contribution in [2.24, 2.45) is 5.73 Å². The lowest BCUT2D eigenvalue weighted by Crippen LogP contribution is -2.44. The molecule has 1 aromatic heterocycles. The van der Waals surface area contributed by atoms with Gasteiger partial charge < -0.3 is 10.7 Å². The minimum atomic E-state index is -0.0376. The third-order valence-electron chi connectivity index (χ3n) is 3.96. The van der Waals surface area contributed by atoms with E-state index >= 15 is 0 Å². The molecule has 3 N–H and O–H groups in total. The first-order chi connectivity index (χ1) is 7.73. The number of nitrogens with two attached hydrogens (primary N) is 1. The number of hydrogen-bond acceptors (Lipinski definition) is 3. The van der Waals surface area contributed by atoms with E-state index in [1.807, 2.05) is 0 Å². The van der Waals surface area contributed by atoms with Crippen LogP contribution in [0.3, 0.4) is 0 Å². The standard InChI is InChI=1S/C12H17N3O/c13-7-12(4-1-5-12)11-14-9(8-2-3-8)6-10(16)15-11/h6,8H,1-5,7,13H2,(H,14,15,16). The van der Waals surface area contributed by atoms with Gasteiger partial charge in [-0.1, -0.05) is 6.42 Å². The van der Waals surface area contributed by atoms with Crippen molar-refractivity contribution in [1.82, 2.24) is 9.97 Å². The normalized spacial score (nSPS) is 22.8. The van der Waals surface area contributed by atoms with Gasteiger partial charge in [0.2, 0.25) is 0 Å². The minimum Gasteiger partial charge on any atom is -0.329 e. The van der Waals surface area contributed by atoms with Crippen molar-refractivity contribution >= 4 is 0 Å². The number of nitrogens with one attached hydrogen (secondary N) is 1. The highest BCUT2D eigenvalue weighted by Gasteiger charge is 2.40. The van der Waals surface area contributed by atoms with Crippen LogP contribution in [0.1, 0.15) is 49.5 Å². The maximum Gasteiger partial charge on any atom is 0.251 e. The minimum absolute atomic E-state index is 0.0216. The second-order valence-corrected chi connectivity index (χ2v) is 5.13. The van der Waals surface area contributed by atoms with Crippen molar-refractivity contribution in [2.45, 2.75) is 43.4 Å². The molecule has 0 aromatic carbocycles. The Morgan fingerprint density at radius 2 is 2.25 bits per heavy atom. The molecule has 0 saturated heterocycles. The Morgan fingerprint density at radius 1 is 1.50 bits per heavy atom. The van der Waals surface area contributed by atoms with E-state index in [4.69, 9.17) is 5.73 Å². The van der Waals surface area contributed by atoms with Crippen molar-refractivity contribution in [3.63, 3.8) is 0 Å². The Hall–Kier alpha value is -1.16. The Labute approximate surface area is 94.3 Å². The molecule has 0 atom stereocenters. The summed E-state index contributed by atoms with van der Waals surface area (Å²) in [7, 11) is 0. The molecule has 86 valence electrons. The fourth-order valence-electron chi connectivity index (χ4n) is 2.46. The van der Waals surface area contributed by atoms with Gasteiger partial charge in [-0.25, -0.2) is 4.98 Å². The summed E-state index contributed by atoms with van der Waals surface area (Å²) in [6, 6.07) is 1.64. The maximum atomic E-state index is 11.6. The van der Waals surface area contributed by atoms with Gasteiger partial charge in [-0.15, -0.1) is 0 Å². The van der Waals surface area contributed by atoms with E-state index in [0.29, 0.717) is 12.5 Å². The average molecular weight is 219 g/mol. The molecule has 2 aliphatic rings. The lowest BCUT2D eigenvalue weighted by molar-refractivity contribution is 0.237. The van der Waals surface area contributed by atoms with Crippen molar-refractivity contribution in [1.29, 1.82) is 0 Å². The molecule has 0 unspecified atom stereocenters. The van der Waals surface area contributed by atoms with E-state index in [1.54, 1.807) is 6.07 Å². The molecule has 4 nitrogen and oxygen atoms in total. The number of nitrogens with zero attached hydrogens (tertiary/aromatic N) is 1. The van der Waals surface area contributed by atoms with Gasteiger partial charge in [-0.05, 0) is 25.7 Å². The smallest absolute Gasteiger partial charge is 0.251 e. The van der Waals surface area contributed by atoms with Gasteiger partial charge in [0, 0.05) is 23.9 Å². The summed E-state index contributed by atoms with van der Waals surface area (Å²) in [5, 5.41) is 0. The van der Waals surface area contributed by atoms with Crippen LogP contribution in [-0.4, -0.2) is 16.5 Å². The van der Waals surface area contributed by atoms with Crippen molar-refractivity contribution in [3.8, 4) is 0 Å². The van der Waals surface area contributed by atoms with Gasteiger partial charge in [0.1, 0.15) is 5.82 Å². The zero-order valence-corrected chi connectivity index (χ0v) is 9.33. The second-order valence-electron chi connectivity index (χ2n) is 5.13. The Kier molecular flexibility index (Phi) is 2.14. The van der Waals surface area contributed by atoms with Gasteiger partial charge in [-0.3, -0.25) is 4.79 Å².